The smallest absolute Gasteiger partial charge is 0.191 e. The summed E-state index contributed by atoms with van der Waals surface area (Å²) in [6.45, 7) is 7.57. The Bertz CT molecular complexity index is 364. The number of hydrogen-bond acceptors (Lipinski definition) is 4. The summed E-state index contributed by atoms with van der Waals surface area (Å²) < 4.78 is 0. The number of guanidine groups is 1. The van der Waals surface area contributed by atoms with Crippen LogP contribution in [-0.2, 0) is 0 Å². The van der Waals surface area contributed by atoms with Crippen molar-refractivity contribution in [3.8, 4) is 0 Å². The van der Waals surface area contributed by atoms with Crippen molar-refractivity contribution in [2.75, 3.05) is 56.2 Å². The van der Waals surface area contributed by atoms with E-state index < -0.39 is 0 Å². The number of nitrogens with one attached hydrogen (secondary N) is 2. The maximum absolute atomic E-state index is 5.00. The van der Waals surface area contributed by atoms with Gasteiger partial charge in [-0.05, 0) is 44.6 Å². The van der Waals surface area contributed by atoms with E-state index in [1.807, 2.05) is 11.8 Å². The lowest BCUT2D eigenvalue weighted by atomic mass is 9.95. The number of thioether (sulfide) groups is 2. The Balaban J connectivity index is 1.88. The van der Waals surface area contributed by atoms with Crippen LogP contribution >= 0.6 is 23.5 Å². The number of hydrogen-bond donors (Lipinski definition) is 2. The highest BCUT2D eigenvalue weighted by atomic mass is 32.2. The van der Waals surface area contributed by atoms with E-state index in [1.165, 1.54) is 68.9 Å². The molecule has 2 aliphatic rings. The lowest BCUT2D eigenvalue weighted by molar-refractivity contribution is 0.112. The quantitative estimate of drug-likeness (QED) is 0.370. The van der Waals surface area contributed by atoms with Gasteiger partial charge < -0.3 is 10.6 Å². The highest BCUT2D eigenvalue weighted by Crippen LogP contribution is 2.37. The van der Waals surface area contributed by atoms with Crippen molar-refractivity contribution in [1.29, 1.82) is 0 Å². The van der Waals surface area contributed by atoms with E-state index in [9.17, 15) is 0 Å². The van der Waals surface area contributed by atoms with Gasteiger partial charge >= 0.3 is 0 Å². The molecule has 1 saturated heterocycles. The van der Waals surface area contributed by atoms with Crippen LogP contribution in [0, 0.1) is 0 Å². The van der Waals surface area contributed by atoms with Gasteiger partial charge in [0, 0.05) is 43.2 Å². The van der Waals surface area contributed by atoms with Crippen molar-refractivity contribution in [3.05, 3.63) is 0 Å². The second-order valence-corrected chi connectivity index (χ2v) is 9.06. The van der Waals surface area contributed by atoms with Gasteiger partial charge in [0.05, 0.1) is 6.54 Å². The van der Waals surface area contributed by atoms with Gasteiger partial charge in [0.25, 0.3) is 0 Å². The minimum absolute atomic E-state index is 0.335. The minimum atomic E-state index is 0.335. The van der Waals surface area contributed by atoms with Gasteiger partial charge in [-0.15, -0.1) is 0 Å². The van der Waals surface area contributed by atoms with Gasteiger partial charge in [-0.2, -0.15) is 23.5 Å². The van der Waals surface area contributed by atoms with Gasteiger partial charge in [-0.1, -0.05) is 12.8 Å². The molecule has 1 saturated carbocycles. The van der Waals surface area contributed by atoms with Crippen molar-refractivity contribution in [2.45, 2.75) is 51.0 Å². The molecule has 2 fully saturated rings. The molecular weight excluding hydrogens is 336 g/mol. The van der Waals surface area contributed by atoms with Gasteiger partial charge in [0.2, 0.25) is 0 Å². The van der Waals surface area contributed by atoms with Crippen LogP contribution < -0.4 is 10.6 Å². The van der Waals surface area contributed by atoms with Crippen LogP contribution in [0.3, 0.4) is 0 Å². The van der Waals surface area contributed by atoms with Crippen molar-refractivity contribution in [1.82, 2.24) is 15.5 Å². The average molecular weight is 373 g/mol. The first-order valence-corrected chi connectivity index (χ1v) is 12.2. The molecule has 0 aromatic carbocycles. The summed E-state index contributed by atoms with van der Waals surface area (Å²) in [5.41, 5.74) is 0.335. The molecule has 1 aliphatic heterocycles. The molecule has 24 heavy (non-hydrogen) atoms. The fourth-order valence-electron chi connectivity index (χ4n) is 3.79. The summed E-state index contributed by atoms with van der Waals surface area (Å²) in [7, 11) is 0. The zero-order valence-corrected chi connectivity index (χ0v) is 17.2. The number of unbranched alkanes of at least 4 members (excludes halogenated alkanes) is 1. The van der Waals surface area contributed by atoms with Crippen LogP contribution in [-0.4, -0.2) is 72.6 Å². The fraction of sp³-hybridized carbons (Fsp3) is 0.944. The van der Waals surface area contributed by atoms with Crippen LogP contribution in [0.2, 0.25) is 0 Å². The molecule has 0 aromatic heterocycles. The summed E-state index contributed by atoms with van der Waals surface area (Å²) in [5, 5.41) is 6.96. The maximum atomic E-state index is 5.00. The summed E-state index contributed by atoms with van der Waals surface area (Å²) in [5.74, 6) is 4.85. The van der Waals surface area contributed by atoms with Crippen LogP contribution in [0.15, 0.2) is 4.99 Å². The Labute approximate surface area is 157 Å². The zero-order valence-electron chi connectivity index (χ0n) is 15.6. The Morgan fingerprint density at radius 1 is 1.17 bits per heavy atom. The van der Waals surface area contributed by atoms with Gasteiger partial charge in [-0.3, -0.25) is 9.89 Å². The third kappa shape index (κ3) is 6.34. The van der Waals surface area contributed by atoms with E-state index in [0.717, 1.165) is 25.6 Å². The Morgan fingerprint density at radius 2 is 1.92 bits per heavy atom. The third-order valence-electron chi connectivity index (χ3n) is 5.16. The van der Waals surface area contributed by atoms with Gasteiger partial charge in [0.15, 0.2) is 5.96 Å². The molecule has 0 aromatic rings. The van der Waals surface area contributed by atoms with Crippen molar-refractivity contribution in [2.24, 2.45) is 4.99 Å². The Hall–Kier alpha value is -0.0700. The minimum Gasteiger partial charge on any atom is -0.357 e. The van der Waals surface area contributed by atoms with E-state index in [1.54, 1.807) is 0 Å². The molecule has 2 rings (SSSR count). The van der Waals surface area contributed by atoms with E-state index in [0.29, 0.717) is 5.54 Å². The van der Waals surface area contributed by atoms with Gasteiger partial charge in [0.1, 0.15) is 0 Å². The molecular formula is C18H36N4S2. The predicted molar refractivity (Wildman–Crippen MR) is 112 cm³/mol. The zero-order chi connectivity index (χ0) is 17.1. The molecule has 0 atom stereocenters. The molecule has 0 unspecified atom stereocenters. The average Bonchev–Trinajstić information content (AvgIpc) is 3.10. The fourth-order valence-corrected chi connectivity index (χ4v) is 5.19. The van der Waals surface area contributed by atoms with E-state index >= 15 is 0 Å². The first kappa shape index (κ1) is 20.2. The topological polar surface area (TPSA) is 39.7 Å². The summed E-state index contributed by atoms with van der Waals surface area (Å²) in [4.78, 5) is 7.75. The number of nitrogens with zero attached hydrogens (tertiary/aromatic N) is 2. The number of rotatable bonds is 9. The van der Waals surface area contributed by atoms with Crippen molar-refractivity contribution >= 4 is 29.5 Å². The monoisotopic (exact) mass is 372 g/mol. The summed E-state index contributed by atoms with van der Waals surface area (Å²) >= 11 is 4.03. The molecule has 2 N–H and O–H groups in total. The Kier molecular flexibility index (Phi) is 9.72. The molecule has 1 heterocycles. The maximum Gasteiger partial charge on any atom is 0.191 e. The van der Waals surface area contributed by atoms with Crippen molar-refractivity contribution < 1.29 is 0 Å². The molecule has 140 valence electrons. The Morgan fingerprint density at radius 3 is 2.58 bits per heavy atom. The highest BCUT2D eigenvalue weighted by molar-refractivity contribution is 7.99. The van der Waals surface area contributed by atoms with Gasteiger partial charge in [-0.25, -0.2) is 0 Å². The molecule has 6 heteroatoms. The SMILES string of the molecule is CCNC(=NCC1(N2CCSCC2)CCCC1)NCCCCSC. The van der Waals surface area contributed by atoms with Crippen molar-refractivity contribution in [3.63, 3.8) is 0 Å². The third-order valence-corrected chi connectivity index (χ3v) is 6.80. The summed E-state index contributed by atoms with van der Waals surface area (Å²) in [6.07, 6.45) is 10.1. The lowest BCUT2D eigenvalue weighted by Crippen LogP contribution is -2.53. The lowest BCUT2D eigenvalue weighted by Gasteiger charge is -2.42. The first-order valence-electron chi connectivity index (χ1n) is 9.65. The second-order valence-electron chi connectivity index (χ2n) is 6.85. The standard InChI is InChI=1S/C18H36N4S2/c1-3-19-17(20-10-6-7-13-23-2)21-16-18(8-4-5-9-18)22-11-14-24-15-12-22/h3-16H2,1-2H3,(H2,19,20,21). The van der Waals surface area contributed by atoms with Crippen LogP contribution in [0.25, 0.3) is 0 Å². The largest absolute Gasteiger partial charge is 0.357 e. The van der Waals surface area contributed by atoms with Crippen LogP contribution in [0.5, 0.6) is 0 Å². The first-order chi connectivity index (χ1) is 11.8. The molecule has 1 aliphatic carbocycles. The second kappa shape index (κ2) is 11.5. The molecule has 4 nitrogen and oxygen atoms in total. The van der Waals surface area contributed by atoms with Crippen LogP contribution in [0.1, 0.15) is 45.4 Å². The highest BCUT2D eigenvalue weighted by Gasteiger charge is 2.39. The van der Waals surface area contributed by atoms with Crippen LogP contribution in [0.4, 0.5) is 0 Å². The van der Waals surface area contributed by atoms with E-state index in [2.05, 4.69) is 40.5 Å². The summed E-state index contributed by atoms with van der Waals surface area (Å²) in [6, 6.07) is 0. The predicted octanol–water partition coefficient (Wildman–Crippen LogP) is 3.05. The molecule has 0 amide bonds. The molecule has 0 radical (unpaired) electrons. The van der Waals surface area contributed by atoms with E-state index in [-0.39, 0.29) is 0 Å². The molecule has 0 spiro atoms. The number of aliphatic imine (C=N–C) groups is 1. The normalized spacial score (nSPS) is 21.8. The molecule has 0 bridgehead atoms. The van der Waals surface area contributed by atoms with E-state index in [4.69, 9.17) is 4.99 Å².